The second-order valence-electron chi connectivity index (χ2n) is 7.00. The number of nitrogens with zero attached hydrogens (tertiary/aromatic N) is 2. The molecule has 28 heavy (non-hydrogen) atoms. The van der Waals surface area contributed by atoms with Crippen LogP contribution in [-0.4, -0.2) is 33.9 Å². The quantitative estimate of drug-likeness (QED) is 0.627. The van der Waals surface area contributed by atoms with Gasteiger partial charge in [0.1, 0.15) is 30.1 Å². The number of ether oxygens (including phenoxy) is 1. The summed E-state index contributed by atoms with van der Waals surface area (Å²) in [4.78, 5) is 4.38. The summed E-state index contributed by atoms with van der Waals surface area (Å²) in [6, 6.07) is 11.9. The Morgan fingerprint density at radius 1 is 1.18 bits per heavy atom. The highest BCUT2D eigenvalue weighted by Crippen LogP contribution is 2.21. The first-order valence-corrected chi connectivity index (χ1v) is 9.28. The van der Waals surface area contributed by atoms with Crippen LogP contribution in [-0.2, 0) is 7.05 Å². The zero-order chi connectivity index (χ0) is 20.1. The molecule has 1 aromatic heterocycles. The zero-order valence-corrected chi connectivity index (χ0v) is 16.4. The summed E-state index contributed by atoms with van der Waals surface area (Å²) < 4.78 is 21.3. The van der Waals surface area contributed by atoms with Crippen LogP contribution >= 0.6 is 0 Å². The monoisotopic (exact) mass is 383 g/mol. The van der Waals surface area contributed by atoms with E-state index in [1.54, 1.807) is 12.3 Å². The fourth-order valence-electron chi connectivity index (χ4n) is 3.01. The molecule has 0 saturated heterocycles. The van der Waals surface area contributed by atoms with Crippen LogP contribution in [0.2, 0.25) is 0 Å². The van der Waals surface area contributed by atoms with Crippen molar-refractivity contribution in [2.24, 2.45) is 7.05 Å². The maximum absolute atomic E-state index is 13.7. The van der Waals surface area contributed by atoms with E-state index in [-0.39, 0.29) is 25.0 Å². The summed E-state index contributed by atoms with van der Waals surface area (Å²) in [5.41, 5.74) is 3.09. The van der Waals surface area contributed by atoms with Crippen LogP contribution in [0, 0.1) is 19.7 Å². The predicted molar refractivity (Wildman–Crippen MR) is 107 cm³/mol. The van der Waals surface area contributed by atoms with E-state index in [1.807, 2.05) is 55.9 Å². The summed E-state index contributed by atoms with van der Waals surface area (Å²) in [6.07, 6.45) is 2.81. The average Bonchev–Trinajstić information content (AvgIpc) is 3.09. The lowest BCUT2D eigenvalue weighted by Gasteiger charge is -2.21. The molecule has 1 heterocycles. The minimum absolute atomic E-state index is 0.159. The van der Waals surface area contributed by atoms with E-state index in [4.69, 9.17) is 4.74 Å². The van der Waals surface area contributed by atoms with Crippen LogP contribution in [0.3, 0.4) is 0 Å². The number of aryl methyl sites for hydroxylation is 3. The van der Waals surface area contributed by atoms with Gasteiger partial charge in [0, 0.05) is 26.0 Å². The summed E-state index contributed by atoms with van der Waals surface area (Å²) in [5.74, 6) is 1.16. The minimum atomic E-state index is -0.724. The van der Waals surface area contributed by atoms with Crippen molar-refractivity contribution in [1.82, 2.24) is 14.9 Å². The fourth-order valence-corrected chi connectivity index (χ4v) is 3.01. The van der Waals surface area contributed by atoms with Gasteiger partial charge >= 0.3 is 0 Å². The Balaban J connectivity index is 1.64. The maximum atomic E-state index is 13.7. The van der Waals surface area contributed by atoms with Gasteiger partial charge in [-0.25, -0.2) is 9.37 Å². The highest BCUT2D eigenvalue weighted by molar-refractivity contribution is 5.33. The van der Waals surface area contributed by atoms with Gasteiger partial charge in [0.05, 0.1) is 6.04 Å². The molecule has 2 aromatic carbocycles. The summed E-state index contributed by atoms with van der Waals surface area (Å²) in [7, 11) is 1.88. The number of rotatable bonds is 8. The molecule has 2 N–H and O–H groups in total. The third-order valence-corrected chi connectivity index (χ3v) is 4.78. The number of aromatic nitrogens is 2. The molecule has 3 rings (SSSR count). The first-order chi connectivity index (χ1) is 13.4. The molecule has 0 radical (unpaired) electrons. The number of nitrogens with one attached hydrogen (secondary N) is 1. The molecule has 6 heteroatoms. The molecule has 2 unspecified atom stereocenters. The molecule has 0 aliphatic heterocycles. The first kappa shape index (κ1) is 20.0. The van der Waals surface area contributed by atoms with Crippen molar-refractivity contribution in [2.75, 3.05) is 13.2 Å². The Morgan fingerprint density at radius 2 is 2.00 bits per heavy atom. The average molecular weight is 383 g/mol. The van der Waals surface area contributed by atoms with Gasteiger partial charge in [0.2, 0.25) is 0 Å². The van der Waals surface area contributed by atoms with Crippen molar-refractivity contribution >= 4 is 0 Å². The summed E-state index contributed by atoms with van der Waals surface area (Å²) >= 11 is 0. The van der Waals surface area contributed by atoms with Gasteiger partial charge in [-0.2, -0.15) is 0 Å². The lowest BCUT2D eigenvalue weighted by molar-refractivity contribution is 0.104. The van der Waals surface area contributed by atoms with Crippen molar-refractivity contribution in [2.45, 2.75) is 26.0 Å². The number of hydrogen-bond donors (Lipinski definition) is 2. The second-order valence-corrected chi connectivity index (χ2v) is 7.00. The van der Waals surface area contributed by atoms with E-state index in [0.717, 1.165) is 22.7 Å². The Morgan fingerprint density at radius 3 is 2.68 bits per heavy atom. The van der Waals surface area contributed by atoms with Gasteiger partial charge in [0.25, 0.3) is 0 Å². The molecular weight excluding hydrogens is 357 g/mol. The lowest BCUT2D eigenvalue weighted by Crippen LogP contribution is -2.35. The highest BCUT2D eigenvalue weighted by atomic mass is 19.1. The molecule has 0 amide bonds. The molecule has 0 spiro atoms. The summed E-state index contributed by atoms with van der Waals surface area (Å²) in [5, 5.41) is 13.6. The highest BCUT2D eigenvalue weighted by Gasteiger charge is 2.20. The van der Waals surface area contributed by atoms with E-state index < -0.39 is 6.10 Å². The van der Waals surface area contributed by atoms with Crippen LogP contribution < -0.4 is 10.1 Å². The largest absolute Gasteiger partial charge is 0.491 e. The molecule has 0 saturated carbocycles. The number of benzene rings is 2. The third-order valence-electron chi connectivity index (χ3n) is 4.78. The van der Waals surface area contributed by atoms with E-state index in [9.17, 15) is 9.50 Å². The van der Waals surface area contributed by atoms with Gasteiger partial charge in [0.15, 0.2) is 0 Å². The van der Waals surface area contributed by atoms with Crippen LogP contribution in [0.15, 0.2) is 54.9 Å². The Kier molecular flexibility index (Phi) is 6.44. The second kappa shape index (κ2) is 8.99. The van der Waals surface area contributed by atoms with Crippen molar-refractivity contribution in [3.63, 3.8) is 0 Å². The molecule has 0 fully saturated rings. The van der Waals surface area contributed by atoms with Crippen LogP contribution in [0.5, 0.6) is 5.75 Å². The minimum Gasteiger partial charge on any atom is -0.491 e. The smallest absolute Gasteiger partial charge is 0.130 e. The molecule has 0 aliphatic carbocycles. The topological polar surface area (TPSA) is 59.3 Å². The van der Waals surface area contributed by atoms with E-state index in [0.29, 0.717) is 0 Å². The van der Waals surface area contributed by atoms with Crippen LogP contribution in [0.1, 0.15) is 28.6 Å². The SMILES string of the molecule is Cc1ccc(OCC(O)CNC(c2cccc(F)c2)c2nccn2C)cc1C. The van der Waals surface area contributed by atoms with Crippen molar-refractivity contribution in [3.05, 3.63) is 83.2 Å². The number of aliphatic hydroxyl groups excluding tert-OH is 1. The molecule has 2 atom stereocenters. The molecule has 3 aromatic rings. The standard InChI is InChI=1S/C22H26FN3O2/c1-15-7-8-20(11-16(15)2)28-14-19(27)13-25-21(22-24-9-10-26(22)3)17-5-4-6-18(23)12-17/h4-12,19,21,25,27H,13-14H2,1-3H3. The van der Waals surface area contributed by atoms with E-state index in [2.05, 4.69) is 10.3 Å². The zero-order valence-electron chi connectivity index (χ0n) is 16.4. The number of halogens is 1. The third kappa shape index (κ3) is 4.97. The van der Waals surface area contributed by atoms with Gasteiger partial charge in [-0.05, 0) is 54.8 Å². The lowest BCUT2D eigenvalue weighted by atomic mass is 10.1. The molecule has 148 valence electrons. The van der Waals surface area contributed by atoms with Gasteiger partial charge < -0.3 is 19.7 Å². The molecule has 0 aliphatic rings. The Labute approximate surface area is 164 Å². The number of aliphatic hydroxyl groups is 1. The van der Waals surface area contributed by atoms with Crippen molar-refractivity contribution in [1.29, 1.82) is 0 Å². The van der Waals surface area contributed by atoms with Gasteiger partial charge in [-0.3, -0.25) is 0 Å². The van der Waals surface area contributed by atoms with E-state index in [1.165, 1.54) is 17.7 Å². The number of hydrogen-bond acceptors (Lipinski definition) is 4. The molecule has 5 nitrogen and oxygen atoms in total. The first-order valence-electron chi connectivity index (χ1n) is 9.28. The molecular formula is C22H26FN3O2. The van der Waals surface area contributed by atoms with Gasteiger partial charge in [-0.1, -0.05) is 18.2 Å². The van der Waals surface area contributed by atoms with Gasteiger partial charge in [-0.15, -0.1) is 0 Å². The Hall–Kier alpha value is -2.70. The summed E-state index contributed by atoms with van der Waals surface area (Å²) in [6.45, 7) is 4.50. The van der Waals surface area contributed by atoms with Crippen molar-refractivity contribution in [3.8, 4) is 5.75 Å². The van der Waals surface area contributed by atoms with Crippen LogP contribution in [0.25, 0.3) is 0 Å². The fraction of sp³-hybridized carbons (Fsp3) is 0.318. The molecule has 0 bridgehead atoms. The number of imidazole rings is 1. The van der Waals surface area contributed by atoms with E-state index >= 15 is 0 Å². The Bertz CT molecular complexity index is 926. The van der Waals surface area contributed by atoms with Crippen molar-refractivity contribution < 1.29 is 14.2 Å². The van der Waals surface area contributed by atoms with Crippen LogP contribution in [0.4, 0.5) is 4.39 Å². The normalized spacial score (nSPS) is 13.3. The predicted octanol–water partition coefficient (Wildman–Crippen LogP) is 3.29. The maximum Gasteiger partial charge on any atom is 0.130 e.